The molecule has 0 amide bonds. The highest BCUT2D eigenvalue weighted by Gasteiger charge is 2.10. The molecule has 0 atom stereocenters. The van der Waals surface area contributed by atoms with E-state index in [-0.39, 0.29) is 24.0 Å². The smallest absolute Gasteiger partial charge is 0.191 e. The molecule has 0 unspecified atom stereocenters. The number of unbranched alkanes of at least 4 members (excludes halogenated alkanes) is 1. The van der Waals surface area contributed by atoms with Crippen molar-refractivity contribution in [2.45, 2.75) is 39.5 Å². The van der Waals surface area contributed by atoms with Crippen LogP contribution in [0.2, 0.25) is 0 Å². The maximum atomic E-state index is 4.67. The Morgan fingerprint density at radius 2 is 1.86 bits per heavy atom. The molecule has 2 N–H and O–H groups in total. The second-order valence-corrected chi connectivity index (χ2v) is 5.89. The molecule has 6 heteroatoms. The first-order valence-electron chi connectivity index (χ1n) is 8.69. The Morgan fingerprint density at radius 1 is 1.05 bits per heavy atom. The fourth-order valence-electron chi connectivity index (χ4n) is 2.53. The predicted molar refractivity (Wildman–Crippen MR) is 107 cm³/mol. The Balaban J connectivity index is 0.00000441. The maximum Gasteiger partial charge on any atom is 0.191 e. The van der Waals surface area contributed by atoms with Gasteiger partial charge in [0.05, 0.1) is 0 Å². The van der Waals surface area contributed by atoms with Gasteiger partial charge in [-0.3, -0.25) is 4.99 Å². The Bertz CT molecular complexity index is 286. The first-order valence-corrected chi connectivity index (χ1v) is 8.69. The van der Waals surface area contributed by atoms with Gasteiger partial charge in [0.15, 0.2) is 5.96 Å². The van der Waals surface area contributed by atoms with E-state index in [1.165, 1.54) is 52.0 Å². The number of nitrogens with zero attached hydrogens (tertiary/aromatic N) is 3. The summed E-state index contributed by atoms with van der Waals surface area (Å²) >= 11 is 0. The Morgan fingerprint density at radius 3 is 2.59 bits per heavy atom. The molecular weight excluding hydrogens is 389 g/mol. The Labute approximate surface area is 154 Å². The summed E-state index contributed by atoms with van der Waals surface area (Å²) in [5, 5.41) is 6.71. The van der Waals surface area contributed by atoms with Gasteiger partial charge >= 0.3 is 0 Å². The number of guanidine groups is 1. The summed E-state index contributed by atoms with van der Waals surface area (Å²) in [5.41, 5.74) is 0. The second-order valence-electron chi connectivity index (χ2n) is 5.89. The highest BCUT2D eigenvalue weighted by atomic mass is 127. The number of likely N-dealkylation sites (N-methyl/N-ethyl adjacent to an activating group) is 1. The summed E-state index contributed by atoms with van der Waals surface area (Å²) in [6, 6.07) is 0. The van der Waals surface area contributed by atoms with Crippen LogP contribution in [0.1, 0.15) is 39.5 Å². The molecule has 0 aromatic heterocycles. The summed E-state index contributed by atoms with van der Waals surface area (Å²) in [5.74, 6) is 0.974. The van der Waals surface area contributed by atoms with Crippen LogP contribution in [0.25, 0.3) is 0 Å². The Kier molecular flexibility index (Phi) is 14.5. The van der Waals surface area contributed by atoms with E-state index in [0.29, 0.717) is 0 Å². The van der Waals surface area contributed by atoms with E-state index in [1.807, 2.05) is 0 Å². The van der Waals surface area contributed by atoms with E-state index in [4.69, 9.17) is 0 Å². The monoisotopic (exact) mass is 425 g/mol. The first kappa shape index (κ1) is 21.9. The van der Waals surface area contributed by atoms with E-state index < -0.39 is 0 Å². The topological polar surface area (TPSA) is 42.9 Å². The van der Waals surface area contributed by atoms with Gasteiger partial charge in [-0.15, -0.1) is 24.0 Å². The van der Waals surface area contributed by atoms with Crippen LogP contribution in [0.3, 0.4) is 0 Å². The minimum Gasteiger partial charge on any atom is -0.357 e. The molecule has 1 saturated heterocycles. The van der Waals surface area contributed by atoms with Crippen LogP contribution < -0.4 is 10.6 Å². The van der Waals surface area contributed by atoms with Crippen molar-refractivity contribution in [1.29, 1.82) is 0 Å². The van der Waals surface area contributed by atoms with Crippen molar-refractivity contribution in [2.75, 3.05) is 59.4 Å². The molecule has 22 heavy (non-hydrogen) atoms. The van der Waals surface area contributed by atoms with Crippen LogP contribution in [-0.2, 0) is 0 Å². The predicted octanol–water partition coefficient (Wildman–Crippen LogP) is 1.99. The molecule has 5 nitrogen and oxygen atoms in total. The van der Waals surface area contributed by atoms with Gasteiger partial charge in [0.1, 0.15) is 0 Å². The van der Waals surface area contributed by atoms with Crippen molar-refractivity contribution in [2.24, 2.45) is 4.99 Å². The van der Waals surface area contributed by atoms with Gasteiger partial charge in [-0.2, -0.15) is 0 Å². The van der Waals surface area contributed by atoms with Crippen LogP contribution in [0.5, 0.6) is 0 Å². The lowest BCUT2D eigenvalue weighted by molar-refractivity contribution is 0.275. The number of hydrogen-bond donors (Lipinski definition) is 2. The highest BCUT2D eigenvalue weighted by Crippen LogP contribution is 2.01. The van der Waals surface area contributed by atoms with Crippen molar-refractivity contribution in [3.63, 3.8) is 0 Å². The first-order chi connectivity index (χ1) is 10.3. The van der Waals surface area contributed by atoms with Gasteiger partial charge in [-0.25, -0.2) is 0 Å². The molecule has 0 saturated carbocycles. The van der Waals surface area contributed by atoms with Crippen molar-refractivity contribution >= 4 is 29.9 Å². The number of nitrogens with one attached hydrogen (secondary N) is 2. The standard InChI is InChI=1S/C16H35N5.HI/c1-4-6-9-18-16(17-5-2)19-10-7-12-21-13-8-11-20(3)14-15-21;/h4-15H2,1-3H3,(H2,17,18,19);1H. The minimum atomic E-state index is 0. The van der Waals surface area contributed by atoms with Crippen molar-refractivity contribution in [3.05, 3.63) is 0 Å². The van der Waals surface area contributed by atoms with E-state index >= 15 is 0 Å². The lowest BCUT2D eigenvalue weighted by Crippen LogP contribution is -2.38. The van der Waals surface area contributed by atoms with Crippen molar-refractivity contribution < 1.29 is 0 Å². The average Bonchev–Trinajstić information content (AvgIpc) is 2.68. The Hall–Kier alpha value is -0.0800. The molecule has 0 aromatic carbocycles. The van der Waals surface area contributed by atoms with Crippen LogP contribution in [0.15, 0.2) is 4.99 Å². The molecule has 1 fully saturated rings. The lowest BCUT2D eigenvalue weighted by atomic mass is 10.3. The molecule has 0 spiro atoms. The van der Waals surface area contributed by atoms with Crippen LogP contribution in [0, 0.1) is 0 Å². The molecular formula is C16H36IN5. The third kappa shape index (κ3) is 10.6. The molecule has 0 radical (unpaired) electrons. The van der Waals surface area contributed by atoms with Gasteiger partial charge in [-0.1, -0.05) is 13.3 Å². The average molecular weight is 425 g/mol. The molecule has 1 heterocycles. The summed E-state index contributed by atoms with van der Waals surface area (Å²) in [6.07, 6.45) is 4.86. The van der Waals surface area contributed by atoms with E-state index in [1.54, 1.807) is 0 Å². The quantitative estimate of drug-likeness (QED) is 0.270. The van der Waals surface area contributed by atoms with E-state index in [2.05, 4.69) is 46.3 Å². The molecule has 0 bridgehead atoms. The number of aliphatic imine (C=N–C) groups is 1. The second kappa shape index (κ2) is 14.5. The lowest BCUT2D eigenvalue weighted by Gasteiger charge is -2.19. The molecule has 1 aliphatic rings. The van der Waals surface area contributed by atoms with Gasteiger partial charge in [0.2, 0.25) is 0 Å². The third-order valence-corrected chi connectivity index (χ3v) is 3.88. The zero-order valence-corrected chi connectivity index (χ0v) is 17.1. The fourth-order valence-corrected chi connectivity index (χ4v) is 2.53. The zero-order chi connectivity index (χ0) is 15.3. The van der Waals surface area contributed by atoms with Gasteiger partial charge in [-0.05, 0) is 52.9 Å². The SMILES string of the molecule is CCCCNC(=NCCCN1CCCN(C)CC1)NCC.I. The molecule has 132 valence electrons. The van der Waals surface area contributed by atoms with Crippen LogP contribution in [0.4, 0.5) is 0 Å². The van der Waals surface area contributed by atoms with E-state index in [0.717, 1.165) is 32.0 Å². The van der Waals surface area contributed by atoms with Crippen LogP contribution in [-0.4, -0.2) is 75.2 Å². The summed E-state index contributed by atoms with van der Waals surface area (Å²) in [4.78, 5) is 9.67. The highest BCUT2D eigenvalue weighted by molar-refractivity contribution is 14.0. The third-order valence-electron chi connectivity index (χ3n) is 3.88. The maximum absolute atomic E-state index is 4.67. The number of rotatable bonds is 8. The zero-order valence-electron chi connectivity index (χ0n) is 14.7. The largest absolute Gasteiger partial charge is 0.357 e. The fraction of sp³-hybridized carbons (Fsp3) is 0.938. The number of hydrogen-bond acceptors (Lipinski definition) is 3. The van der Waals surface area contributed by atoms with Gasteiger partial charge in [0, 0.05) is 32.7 Å². The summed E-state index contributed by atoms with van der Waals surface area (Å²) < 4.78 is 0. The number of halogens is 1. The molecule has 0 aromatic rings. The minimum absolute atomic E-state index is 0. The van der Waals surface area contributed by atoms with E-state index in [9.17, 15) is 0 Å². The molecule has 0 aliphatic carbocycles. The van der Waals surface area contributed by atoms with Gasteiger partial charge in [0.25, 0.3) is 0 Å². The summed E-state index contributed by atoms with van der Waals surface area (Å²) in [7, 11) is 2.22. The van der Waals surface area contributed by atoms with Crippen molar-refractivity contribution in [1.82, 2.24) is 20.4 Å². The van der Waals surface area contributed by atoms with Crippen LogP contribution >= 0.6 is 24.0 Å². The van der Waals surface area contributed by atoms with Gasteiger partial charge < -0.3 is 20.4 Å². The van der Waals surface area contributed by atoms with Crippen molar-refractivity contribution in [3.8, 4) is 0 Å². The normalized spacial score (nSPS) is 17.7. The summed E-state index contributed by atoms with van der Waals surface area (Å²) in [6.45, 7) is 13.2. The molecule has 1 aliphatic heterocycles. The molecule has 1 rings (SSSR count).